The predicted octanol–water partition coefficient (Wildman–Crippen LogP) is 2.76. The molecule has 2 aromatic carbocycles. The Balaban J connectivity index is 1.96. The molecule has 0 fully saturated rings. The van der Waals surface area contributed by atoms with Gasteiger partial charge in [0, 0.05) is 6.92 Å². The fourth-order valence-electron chi connectivity index (χ4n) is 2.34. The number of nitrogens with zero attached hydrogens (tertiary/aromatic N) is 1. The zero-order valence-corrected chi connectivity index (χ0v) is 12.9. The zero-order valence-electron chi connectivity index (χ0n) is 12.9. The van der Waals surface area contributed by atoms with Crippen LogP contribution >= 0.6 is 0 Å². The number of benzene rings is 2. The van der Waals surface area contributed by atoms with Crippen LogP contribution in [0.1, 0.15) is 12.5 Å². The Labute approximate surface area is 136 Å². The summed E-state index contributed by atoms with van der Waals surface area (Å²) in [5.41, 5.74) is 1.02. The van der Waals surface area contributed by atoms with E-state index in [1.54, 1.807) is 36.4 Å². The second-order valence-electron chi connectivity index (χ2n) is 5.10. The molecule has 6 nitrogen and oxygen atoms in total. The van der Waals surface area contributed by atoms with Gasteiger partial charge in [-0.25, -0.2) is 0 Å². The van der Waals surface area contributed by atoms with Crippen molar-refractivity contribution in [3.05, 3.63) is 52.2 Å². The van der Waals surface area contributed by atoms with E-state index < -0.39 is 0 Å². The molecule has 0 aliphatic carbocycles. The number of esters is 1. The van der Waals surface area contributed by atoms with Crippen molar-refractivity contribution in [3.63, 3.8) is 0 Å². The maximum atomic E-state index is 12.6. The van der Waals surface area contributed by atoms with E-state index in [9.17, 15) is 9.59 Å². The van der Waals surface area contributed by atoms with Crippen LogP contribution in [0.4, 0.5) is 0 Å². The predicted molar refractivity (Wildman–Crippen MR) is 86.8 cm³/mol. The average molecular weight is 323 g/mol. The van der Waals surface area contributed by atoms with Crippen LogP contribution in [0.2, 0.25) is 0 Å². The van der Waals surface area contributed by atoms with Crippen LogP contribution in [0, 0.1) is 11.3 Å². The number of rotatable bonds is 4. The van der Waals surface area contributed by atoms with E-state index in [-0.39, 0.29) is 24.6 Å². The van der Waals surface area contributed by atoms with Crippen LogP contribution in [0.3, 0.4) is 0 Å². The lowest BCUT2D eigenvalue weighted by Crippen LogP contribution is -2.10. The van der Waals surface area contributed by atoms with Gasteiger partial charge in [0.25, 0.3) is 0 Å². The first kappa shape index (κ1) is 15.6. The Morgan fingerprint density at radius 3 is 2.71 bits per heavy atom. The van der Waals surface area contributed by atoms with Gasteiger partial charge in [-0.3, -0.25) is 9.59 Å². The SMILES string of the molecule is CC(=O)OCCOc1ccc2oc3cc(C#N)ccc3c(=O)c2c1. The lowest BCUT2D eigenvalue weighted by Gasteiger charge is -2.07. The van der Waals surface area contributed by atoms with Crippen LogP contribution in [-0.2, 0) is 9.53 Å². The monoisotopic (exact) mass is 323 g/mol. The molecule has 3 rings (SSSR count). The second-order valence-corrected chi connectivity index (χ2v) is 5.10. The Bertz CT molecular complexity index is 1030. The molecule has 24 heavy (non-hydrogen) atoms. The summed E-state index contributed by atoms with van der Waals surface area (Å²) < 4.78 is 16.0. The van der Waals surface area contributed by atoms with Gasteiger partial charge in [-0.1, -0.05) is 0 Å². The summed E-state index contributed by atoms with van der Waals surface area (Å²) in [6, 6.07) is 11.6. The molecule has 6 heteroatoms. The summed E-state index contributed by atoms with van der Waals surface area (Å²) >= 11 is 0. The Morgan fingerprint density at radius 1 is 1.12 bits per heavy atom. The summed E-state index contributed by atoms with van der Waals surface area (Å²) in [5.74, 6) is 0.107. The van der Waals surface area contributed by atoms with Crippen molar-refractivity contribution in [2.45, 2.75) is 6.92 Å². The number of carbonyl (C=O) groups excluding carboxylic acids is 1. The largest absolute Gasteiger partial charge is 0.490 e. The van der Waals surface area contributed by atoms with E-state index in [0.29, 0.717) is 33.3 Å². The fourth-order valence-corrected chi connectivity index (χ4v) is 2.34. The normalized spacial score (nSPS) is 10.5. The van der Waals surface area contributed by atoms with Gasteiger partial charge in [0.1, 0.15) is 30.1 Å². The van der Waals surface area contributed by atoms with Crippen LogP contribution in [0.25, 0.3) is 21.9 Å². The average Bonchev–Trinajstić information content (AvgIpc) is 2.58. The third kappa shape index (κ3) is 3.06. The molecule has 0 spiro atoms. The van der Waals surface area contributed by atoms with Crippen molar-refractivity contribution in [1.29, 1.82) is 5.26 Å². The lowest BCUT2D eigenvalue weighted by molar-refractivity contribution is -0.141. The molecular formula is C18H13NO5. The molecule has 0 amide bonds. The molecule has 0 aliphatic heterocycles. The minimum absolute atomic E-state index is 0.136. The highest BCUT2D eigenvalue weighted by Gasteiger charge is 2.09. The van der Waals surface area contributed by atoms with E-state index in [1.807, 2.05) is 6.07 Å². The van der Waals surface area contributed by atoms with E-state index in [2.05, 4.69) is 0 Å². The summed E-state index contributed by atoms with van der Waals surface area (Å²) in [4.78, 5) is 23.3. The standard InChI is InChI=1S/C18H13NO5/c1-11(20)22-6-7-23-13-3-5-16-15(9-13)18(21)14-4-2-12(10-19)8-17(14)24-16/h2-5,8-9H,6-7H2,1H3. The van der Waals surface area contributed by atoms with E-state index in [4.69, 9.17) is 19.2 Å². The number of ether oxygens (including phenoxy) is 2. The number of fused-ring (bicyclic) bond motifs is 2. The molecule has 0 unspecified atom stereocenters. The molecule has 0 aliphatic rings. The van der Waals surface area contributed by atoms with Crippen LogP contribution in [-0.4, -0.2) is 19.2 Å². The molecule has 3 aromatic rings. The molecule has 0 N–H and O–H groups in total. The smallest absolute Gasteiger partial charge is 0.302 e. The van der Waals surface area contributed by atoms with Gasteiger partial charge < -0.3 is 13.9 Å². The van der Waals surface area contributed by atoms with E-state index in [1.165, 1.54) is 6.92 Å². The third-order valence-corrected chi connectivity index (χ3v) is 3.43. The van der Waals surface area contributed by atoms with Crippen molar-refractivity contribution in [3.8, 4) is 11.8 Å². The first-order chi connectivity index (χ1) is 11.6. The van der Waals surface area contributed by atoms with Gasteiger partial charge in [0.05, 0.1) is 22.4 Å². The Morgan fingerprint density at radius 2 is 1.96 bits per heavy atom. The lowest BCUT2D eigenvalue weighted by atomic mass is 10.1. The molecule has 0 atom stereocenters. The molecule has 0 saturated carbocycles. The third-order valence-electron chi connectivity index (χ3n) is 3.43. The highest BCUT2D eigenvalue weighted by Crippen LogP contribution is 2.23. The number of hydrogen-bond acceptors (Lipinski definition) is 6. The Kier molecular flexibility index (Phi) is 4.17. The van der Waals surface area contributed by atoms with Crippen molar-refractivity contribution < 1.29 is 18.7 Å². The zero-order chi connectivity index (χ0) is 17.1. The summed E-state index contributed by atoms with van der Waals surface area (Å²) in [7, 11) is 0. The maximum absolute atomic E-state index is 12.6. The van der Waals surface area contributed by atoms with Gasteiger partial charge in [-0.05, 0) is 36.4 Å². The van der Waals surface area contributed by atoms with E-state index >= 15 is 0 Å². The molecule has 0 saturated heterocycles. The van der Waals surface area contributed by atoms with Gasteiger partial charge in [0.2, 0.25) is 5.43 Å². The molecule has 0 radical (unpaired) electrons. The maximum Gasteiger partial charge on any atom is 0.302 e. The fraction of sp³-hybridized carbons (Fsp3) is 0.167. The van der Waals surface area contributed by atoms with E-state index in [0.717, 1.165) is 0 Å². The summed E-state index contributed by atoms with van der Waals surface area (Å²) in [6.07, 6.45) is 0. The Hall–Kier alpha value is -3.33. The van der Waals surface area contributed by atoms with Crippen LogP contribution in [0.15, 0.2) is 45.6 Å². The van der Waals surface area contributed by atoms with Gasteiger partial charge in [-0.15, -0.1) is 0 Å². The van der Waals surface area contributed by atoms with Crippen molar-refractivity contribution >= 4 is 27.9 Å². The minimum atomic E-state index is -0.374. The molecule has 0 bridgehead atoms. The molecule has 120 valence electrons. The number of carbonyl (C=O) groups is 1. The van der Waals surface area contributed by atoms with Crippen molar-refractivity contribution in [2.75, 3.05) is 13.2 Å². The highest BCUT2D eigenvalue weighted by atomic mass is 16.6. The molecule has 1 aromatic heterocycles. The number of hydrogen-bond donors (Lipinski definition) is 0. The molecular weight excluding hydrogens is 310 g/mol. The van der Waals surface area contributed by atoms with Crippen molar-refractivity contribution in [2.24, 2.45) is 0 Å². The molecule has 1 heterocycles. The second kappa shape index (κ2) is 6.42. The topological polar surface area (TPSA) is 89.5 Å². The van der Waals surface area contributed by atoms with Gasteiger partial charge >= 0.3 is 5.97 Å². The van der Waals surface area contributed by atoms with Gasteiger partial charge in [0.15, 0.2) is 0 Å². The number of nitriles is 1. The van der Waals surface area contributed by atoms with Crippen molar-refractivity contribution in [1.82, 2.24) is 0 Å². The quantitative estimate of drug-likeness (QED) is 0.416. The minimum Gasteiger partial charge on any atom is -0.490 e. The van der Waals surface area contributed by atoms with Gasteiger partial charge in [-0.2, -0.15) is 5.26 Å². The summed E-state index contributed by atoms with van der Waals surface area (Å²) in [6.45, 7) is 1.65. The first-order valence-electron chi connectivity index (χ1n) is 7.25. The highest BCUT2D eigenvalue weighted by molar-refractivity contribution is 5.90. The van der Waals surface area contributed by atoms with Crippen LogP contribution < -0.4 is 10.2 Å². The summed E-state index contributed by atoms with van der Waals surface area (Å²) in [5, 5.41) is 9.72. The van der Waals surface area contributed by atoms with Crippen LogP contribution in [0.5, 0.6) is 5.75 Å². The first-order valence-corrected chi connectivity index (χ1v) is 7.25.